The molecule has 1 aliphatic heterocycles. The number of halogens is 1. The van der Waals surface area contributed by atoms with Crippen LogP contribution in [0, 0.1) is 16.7 Å². The van der Waals surface area contributed by atoms with Crippen molar-refractivity contribution >= 4 is 46.1 Å². The Bertz CT molecular complexity index is 1490. The van der Waals surface area contributed by atoms with Gasteiger partial charge in [0, 0.05) is 11.7 Å². The molecule has 9 atom stereocenters. The summed E-state index contributed by atoms with van der Waals surface area (Å²) < 4.78 is 50.5. The normalized spacial score (nSPS) is 40.5. The molecular formula is C24H35ClN5O8PS. The molecule has 0 aromatic carbocycles. The zero-order valence-electron chi connectivity index (χ0n) is 22.3. The first-order valence-electron chi connectivity index (χ1n) is 13.4. The van der Waals surface area contributed by atoms with Crippen LogP contribution < -0.4 is 5.32 Å². The van der Waals surface area contributed by atoms with Crippen molar-refractivity contribution < 1.29 is 37.4 Å². The first-order valence-corrected chi connectivity index (χ1v) is 17.4. The van der Waals surface area contributed by atoms with Crippen LogP contribution in [0.15, 0.2) is 6.33 Å². The zero-order valence-corrected chi connectivity index (χ0v) is 24.7. The maximum absolute atomic E-state index is 12.2. The molecule has 2 aromatic rings. The highest BCUT2D eigenvalue weighted by atomic mass is 35.5. The van der Waals surface area contributed by atoms with Crippen LogP contribution in [0.2, 0.25) is 5.28 Å². The fraction of sp³-hybridized carbons (Fsp3) is 0.792. The van der Waals surface area contributed by atoms with Gasteiger partial charge in [0.2, 0.25) is 12.7 Å². The average molecular weight is 620 g/mol. The number of hydrogen-bond acceptors (Lipinski definition) is 10. The van der Waals surface area contributed by atoms with Crippen molar-refractivity contribution in [2.75, 3.05) is 17.0 Å². The minimum Gasteiger partial charge on any atom is -0.388 e. The van der Waals surface area contributed by atoms with Crippen LogP contribution in [0.4, 0.5) is 5.82 Å². The first-order chi connectivity index (χ1) is 18.5. The highest BCUT2D eigenvalue weighted by molar-refractivity contribution is 7.93. The van der Waals surface area contributed by atoms with Gasteiger partial charge in [0.15, 0.2) is 28.7 Å². The molecule has 5 N–H and O–H groups in total. The van der Waals surface area contributed by atoms with Crippen molar-refractivity contribution in [3.05, 3.63) is 11.6 Å². The molecule has 0 radical (unpaired) electrons. The van der Waals surface area contributed by atoms with Crippen LogP contribution in [0.3, 0.4) is 0 Å². The second-order valence-electron chi connectivity index (χ2n) is 13.3. The van der Waals surface area contributed by atoms with Gasteiger partial charge in [-0.3, -0.25) is 13.7 Å². The van der Waals surface area contributed by atoms with E-state index in [1.807, 2.05) is 0 Å². The fourth-order valence-corrected chi connectivity index (χ4v) is 12.2. The van der Waals surface area contributed by atoms with Crippen LogP contribution in [0.25, 0.3) is 11.2 Å². The van der Waals surface area contributed by atoms with Gasteiger partial charge in [-0.15, -0.1) is 0 Å². The molecular weight excluding hydrogens is 585 g/mol. The first kappa shape index (κ1) is 28.7. The standard InChI is InChI=1S/C24H35ClN5O8PS/c1-22-5-13-6-23(2,8-22)10-24(7-13,9-22)29-18-15-19(28-21(25)27-18)30(11-26-15)20-17(32)16(31)14(38-20)3-4-39(33,34)12-40(35,36)37/h11,13-14,16-17,20,31-32H,3-10,12H2,1-2H3,(H,33,34)(H,27,28,29)(H,35,36,37)/t13?,14?,16?,17?,20?,22-,23+,24?. The Balaban J connectivity index is 1.25. The lowest BCUT2D eigenvalue weighted by Gasteiger charge is -2.65. The molecule has 222 valence electrons. The molecule has 4 bridgehead atoms. The number of nitrogens with one attached hydrogen (secondary N) is 1. The summed E-state index contributed by atoms with van der Waals surface area (Å²) in [4.78, 5) is 23.3. The predicted octanol–water partition coefficient (Wildman–Crippen LogP) is 2.77. The maximum atomic E-state index is 12.2. The Morgan fingerprint density at radius 2 is 1.82 bits per heavy atom. The molecule has 40 heavy (non-hydrogen) atoms. The highest BCUT2D eigenvalue weighted by Crippen LogP contribution is 2.67. The van der Waals surface area contributed by atoms with E-state index < -0.39 is 53.7 Å². The number of rotatable bonds is 8. The lowest BCUT2D eigenvalue weighted by Crippen LogP contribution is -2.61. The molecule has 4 saturated carbocycles. The largest absolute Gasteiger partial charge is 0.388 e. The van der Waals surface area contributed by atoms with Crippen LogP contribution in [0.1, 0.15) is 65.0 Å². The number of aromatic nitrogens is 4. The number of imidazole rings is 1. The molecule has 0 amide bonds. The van der Waals surface area contributed by atoms with E-state index in [9.17, 15) is 28.1 Å². The molecule has 3 heterocycles. The van der Waals surface area contributed by atoms with E-state index in [0.29, 0.717) is 22.9 Å². The Hall–Kier alpha value is -1.38. The van der Waals surface area contributed by atoms with Crippen molar-refractivity contribution in [1.29, 1.82) is 0 Å². The molecule has 2 aromatic heterocycles. The Labute approximate surface area is 236 Å². The lowest BCUT2D eigenvalue weighted by atomic mass is 9.43. The Morgan fingerprint density at radius 3 is 2.45 bits per heavy atom. The average Bonchev–Trinajstić information content (AvgIpc) is 3.29. The molecule has 13 nitrogen and oxygen atoms in total. The predicted molar refractivity (Wildman–Crippen MR) is 146 cm³/mol. The highest BCUT2D eigenvalue weighted by Gasteiger charge is 2.60. The van der Waals surface area contributed by atoms with Crippen LogP contribution in [0.5, 0.6) is 0 Å². The van der Waals surface area contributed by atoms with Gasteiger partial charge in [-0.05, 0) is 73.3 Å². The van der Waals surface area contributed by atoms with Gasteiger partial charge >= 0.3 is 0 Å². The third-order valence-corrected chi connectivity index (χ3v) is 13.2. The van der Waals surface area contributed by atoms with Gasteiger partial charge in [0.25, 0.3) is 10.1 Å². The monoisotopic (exact) mass is 619 g/mol. The van der Waals surface area contributed by atoms with Crippen LogP contribution in [-0.2, 0) is 19.4 Å². The van der Waals surface area contributed by atoms with Crippen LogP contribution >= 0.6 is 19.0 Å². The van der Waals surface area contributed by atoms with Gasteiger partial charge in [-0.2, -0.15) is 18.4 Å². The number of nitrogens with zero attached hydrogens (tertiary/aromatic N) is 4. The van der Waals surface area contributed by atoms with E-state index in [0.717, 1.165) is 19.3 Å². The van der Waals surface area contributed by atoms with Crippen molar-refractivity contribution in [1.82, 2.24) is 19.5 Å². The van der Waals surface area contributed by atoms with Gasteiger partial charge in [-0.1, -0.05) is 13.8 Å². The molecule has 7 unspecified atom stereocenters. The van der Waals surface area contributed by atoms with Crippen LogP contribution in [-0.4, -0.2) is 83.1 Å². The smallest absolute Gasteiger partial charge is 0.274 e. The molecule has 1 saturated heterocycles. The minimum atomic E-state index is -4.67. The van der Waals surface area contributed by atoms with Crippen molar-refractivity contribution in [3.8, 4) is 0 Å². The van der Waals surface area contributed by atoms with E-state index in [2.05, 4.69) is 34.1 Å². The summed E-state index contributed by atoms with van der Waals surface area (Å²) in [6.07, 6.45) is 2.36. The topological polar surface area (TPSA) is 197 Å². The lowest BCUT2D eigenvalue weighted by molar-refractivity contribution is -0.0973. The number of aliphatic hydroxyl groups excluding tert-OH is 2. The molecule has 4 aliphatic carbocycles. The zero-order chi connectivity index (χ0) is 28.9. The van der Waals surface area contributed by atoms with Crippen molar-refractivity contribution in [3.63, 3.8) is 0 Å². The maximum Gasteiger partial charge on any atom is 0.274 e. The Kier molecular flexibility index (Phi) is 6.68. The minimum absolute atomic E-state index is 0.0186. The molecule has 5 aliphatic rings. The number of ether oxygens (including phenoxy) is 1. The summed E-state index contributed by atoms with van der Waals surface area (Å²) in [6.45, 7) is 4.75. The SMILES string of the molecule is C[C@]12CC3CC(Nc4nc(Cl)nc5c4ncn5C4OC(CCP(=O)(O)CS(=O)(=O)O)C(O)C4O)(C1)C[C@@](C)(C3)C2. The third kappa shape index (κ3) is 5.30. The number of anilines is 1. The van der Waals surface area contributed by atoms with E-state index >= 15 is 0 Å². The number of aliphatic hydroxyl groups is 2. The molecule has 16 heteroatoms. The molecule has 7 rings (SSSR count). The van der Waals surface area contributed by atoms with Gasteiger partial charge in [0.1, 0.15) is 12.2 Å². The van der Waals surface area contributed by atoms with E-state index in [1.165, 1.54) is 30.2 Å². The summed E-state index contributed by atoms with van der Waals surface area (Å²) in [5, 5.41) is 25.1. The van der Waals surface area contributed by atoms with Gasteiger partial charge in [0.05, 0.1) is 12.4 Å². The second kappa shape index (κ2) is 9.31. The third-order valence-electron chi connectivity index (χ3n) is 9.14. The number of hydrogen-bond donors (Lipinski definition) is 5. The fourth-order valence-electron chi connectivity index (χ4n) is 8.85. The van der Waals surface area contributed by atoms with Gasteiger partial charge in [-0.25, -0.2) is 4.98 Å². The van der Waals surface area contributed by atoms with E-state index in [1.54, 1.807) is 0 Å². The molecule has 5 fully saturated rings. The van der Waals surface area contributed by atoms with Crippen molar-refractivity contribution in [2.24, 2.45) is 16.7 Å². The number of fused-ring (bicyclic) bond motifs is 1. The second-order valence-corrected chi connectivity index (χ2v) is 18.0. The molecule has 0 spiro atoms. The summed E-state index contributed by atoms with van der Waals surface area (Å²) in [5.41, 5.74) is -0.167. The van der Waals surface area contributed by atoms with E-state index in [-0.39, 0.29) is 28.1 Å². The summed E-state index contributed by atoms with van der Waals surface area (Å²) in [6, 6.07) is 0. The Morgan fingerprint density at radius 1 is 1.15 bits per heavy atom. The summed E-state index contributed by atoms with van der Waals surface area (Å²) in [5.74, 6) is 1.15. The quantitative estimate of drug-likeness (QED) is 0.165. The summed E-state index contributed by atoms with van der Waals surface area (Å²) in [7, 11) is -8.93. The van der Waals surface area contributed by atoms with Gasteiger partial charge < -0.3 is 25.2 Å². The van der Waals surface area contributed by atoms with E-state index in [4.69, 9.17) is 20.9 Å². The van der Waals surface area contributed by atoms with Crippen molar-refractivity contribution in [2.45, 2.75) is 88.9 Å². The summed E-state index contributed by atoms with van der Waals surface area (Å²) >= 11 is 6.36.